The van der Waals surface area contributed by atoms with Gasteiger partial charge in [-0.3, -0.25) is 0 Å². The fraction of sp³-hybridized carbons (Fsp3) is 0.632. The molecule has 0 radical (unpaired) electrons. The molecule has 6 nitrogen and oxygen atoms in total. The smallest absolute Gasteiger partial charge is 0.341 e. The minimum Gasteiger partial charge on any atom is -0.507 e. The molecule has 0 bridgehead atoms. The van der Waals surface area contributed by atoms with Crippen LogP contribution in [0.1, 0.15) is 169 Å². The first kappa shape index (κ1) is 39.0. The fourth-order valence-corrected chi connectivity index (χ4v) is 5.25. The van der Waals surface area contributed by atoms with Crippen LogP contribution in [0.15, 0.2) is 48.5 Å². The summed E-state index contributed by atoms with van der Waals surface area (Å²) in [6, 6.07) is 12.3. The molecule has 0 aliphatic rings. The fourth-order valence-electron chi connectivity index (χ4n) is 5.25. The van der Waals surface area contributed by atoms with E-state index in [0.29, 0.717) is 6.61 Å². The molecule has 0 atom stereocenters. The molecule has 0 spiro atoms. The molecule has 0 aliphatic heterocycles. The van der Waals surface area contributed by atoms with Crippen LogP contribution in [0.25, 0.3) is 0 Å². The summed E-state index contributed by atoms with van der Waals surface area (Å²) in [6.45, 7) is 2.73. The number of aromatic carboxylic acids is 1. The number of carbonyl (C=O) groups excluding carboxylic acids is 1. The lowest BCUT2D eigenvalue weighted by Crippen LogP contribution is -2.06. The van der Waals surface area contributed by atoms with E-state index in [4.69, 9.17) is 14.9 Å². The third kappa shape index (κ3) is 20.8. The first-order valence-electron chi connectivity index (χ1n) is 17.4. The van der Waals surface area contributed by atoms with Crippen LogP contribution < -0.4 is 0 Å². The number of ether oxygens (including phenoxy) is 1. The van der Waals surface area contributed by atoms with Crippen molar-refractivity contribution in [3.63, 3.8) is 0 Å². The minimum absolute atomic E-state index is 0.0124. The Morgan fingerprint density at radius 2 is 0.818 bits per heavy atom. The van der Waals surface area contributed by atoms with E-state index < -0.39 is 11.9 Å². The maximum absolute atomic E-state index is 11.9. The molecule has 0 amide bonds. The number of carbonyl (C=O) groups is 2. The van der Waals surface area contributed by atoms with Crippen LogP contribution in [0, 0.1) is 0 Å². The van der Waals surface area contributed by atoms with Gasteiger partial charge in [-0.15, -0.1) is 0 Å². The van der Waals surface area contributed by atoms with Gasteiger partial charge in [0.15, 0.2) is 0 Å². The summed E-state index contributed by atoms with van der Waals surface area (Å²) in [6.07, 6.45) is 30.1. The predicted molar refractivity (Wildman–Crippen MR) is 181 cm³/mol. The highest BCUT2D eigenvalue weighted by atomic mass is 16.5. The van der Waals surface area contributed by atoms with Gasteiger partial charge in [-0.05, 0) is 30.7 Å². The summed E-state index contributed by atoms with van der Waals surface area (Å²) in [5.41, 5.74) is 0.184. The number of rotatable bonds is 25. The predicted octanol–water partition coefficient (Wildman–Crippen LogP) is 11.2. The molecule has 2 aromatic rings. The van der Waals surface area contributed by atoms with E-state index in [1.807, 2.05) is 0 Å². The van der Waals surface area contributed by atoms with Crippen molar-refractivity contribution in [1.82, 2.24) is 0 Å². The van der Waals surface area contributed by atoms with E-state index in [0.717, 1.165) is 12.8 Å². The average molecular weight is 613 g/mol. The Bertz CT molecular complexity index is 989. The van der Waals surface area contributed by atoms with Crippen molar-refractivity contribution in [3.8, 4) is 11.5 Å². The van der Waals surface area contributed by atoms with Gasteiger partial charge in [-0.2, -0.15) is 0 Å². The average Bonchev–Trinajstić information content (AvgIpc) is 3.02. The molecule has 2 rings (SSSR count). The normalized spacial score (nSPS) is 10.7. The van der Waals surface area contributed by atoms with E-state index in [2.05, 4.69) is 6.92 Å². The van der Waals surface area contributed by atoms with E-state index >= 15 is 0 Å². The summed E-state index contributed by atoms with van der Waals surface area (Å²) >= 11 is 0. The molecule has 0 heterocycles. The molecular formula is C38H60O6. The van der Waals surface area contributed by atoms with E-state index in [1.165, 1.54) is 147 Å². The van der Waals surface area contributed by atoms with Gasteiger partial charge < -0.3 is 20.1 Å². The Morgan fingerprint density at radius 1 is 0.500 bits per heavy atom. The van der Waals surface area contributed by atoms with Crippen molar-refractivity contribution in [1.29, 1.82) is 0 Å². The molecule has 44 heavy (non-hydrogen) atoms. The zero-order chi connectivity index (χ0) is 32.1. The number of unbranched alkanes of at least 4 members (excludes halogenated alkanes) is 21. The maximum atomic E-state index is 11.9. The highest BCUT2D eigenvalue weighted by Gasteiger charge is 2.11. The number of para-hydroxylation sites is 2. The topological polar surface area (TPSA) is 104 Å². The number of hydrogen-bond donors (Lipinski definition) is 3. The van der Waals surface area contributed by atoms with Crippen LogP contribution in [0.2, 0.25) is 0 Å². The highest BCUT2D eigenvalue weighted by molar-refractivity contribution is 5.92. The molecule has 3 N–H and O–H groups in total. The number of hydrogen-bond acceptors (Lipinski definition) is 5. The number of benzene rings is 2. The van der Waals surface area contributed by atoms with Crippen molar-refractivity contribution in [3.05, 3.63) is 59.7 Å². The maximum Gasteiger partial charge on any atom is 0.341 e. The Labute approximate surface area is 267 Å². The van der Waals surface area contributed by atoms with Gasteiger partial charge in [0.25, 0.3) is 0 Å². The summed E-state index contributed by atoms with van der Waals surface area (Å²) < 4.78 is 5.25. The van der Waals surface area contributed by atoms with Gasteiger partial charge in [-0.1, -0.05) is 166 Å². The number of phenols is 2. The molecule has 0 saturated carbocycles. The number of aromatic hydroxyl groups is 2. The van der Waals surface area contributed by atoms with E-state index in [-0.39, 0.29) is 22.6 Å². The lowest BCUT2D eigenvalue weighted by atomic mass is 10.0. The van der Waals surface area contributed by atoms with E-state index in [9.17, 15) is 14.7 Å². The molecule has 0 saturated heterocycles. The molecular weight excluding hydrogens is 552 g/mol. The molecule has 248 valence electrons. The standard InChI is InChI=1S/C31H54O3.C7H6O3/c1-2-3-4-5-6-7-8-9-10-11-12-13-14-15-16-17-18-19-20-21-22-25-28-34-31(33)29-26-23-24-27-30(29)32;8-6-4-2-1-3-5(6)7(9)10/h23-24,26-27,32H,2-22,25,28H2,1H3;1-4,8H,(H,9,10). The first-order valence-corrected chi connectivity index (χ1v) is 17.4. The van der Waals surface area contributed by atoms with Crippen LogP contribution in [-0.2, 0) is 4.74 Å². The van der Waals surface area contributed by atoms with Gasteiger partial charge in [0.05, 0.1) is 6.61 Å². The zero-order valence-corrected chi connectivity index (χ0v) is 27.4. The van der Waals surface area contributed by atoms with Crippen molar-refractivity contribution >= 4 is 11.9 Å². The van der Waals surface area contributed by atoms with Crippen LogP contribution in [0.4, 0.5) is 0 Å². The Morgan fingerprint density at radius 3 is 1.14 bits per heavy atom. The van der Waals surface area contributed by atoms with Gasteiger partial charge in [-0.25, -0.2) is 9.59 Å². The van der Waals surface area contributed by atoms with Crippen molar-refractivity contribution in [2.24, 2.45) is 0 Å². The third-order valence-corrected chi connectivity index (χ3v) is 7.99. The minimum atomic E-state index is -1.11. The molecule has 0 aromatic heterocycles. The van der Waals surface area contributed by atoms with Gasteiger partial charge in [0.1, 0.15) is 22.6 Å². The van der Waals surface area contributed by atoms with Crippen LogP contribution in [0.5, 0.6) is 11.5 Å². The molecule has 6 heteroatoms. The molecule has 0 fully saturated rings. The number of phenolic OH excluding ortho intramolecular Hbond substituents is 1. The lowest BCUT2D eigenvalue weighted by Gasteiger charge is -2.06. The quantitative estimate of drug-likeness (QED) is 0.0761. The summed E-state index contributed by atoms with van der Waals surface area (Å²) in [4.78, 5) is 22.2. The Balaban J connectivity index is 0.000000813. The molecule has 0 aliphatic carbocycles. The van der Waals surface area contributed by atoms with Crippen molar-refractivity contribution in [2.45, 2.75) is 148 Å². The van der Waals surface area contributed by atoms with Crippen LogP contribution in [0.3, 0.4) is 0 Å². The van der Waals surface area contributed by atoms with E-state index in [1.54, 1.807) is 30.3 Å². The van der Waals surface area contributed by atoms with Gasteiger partial charge >= 0.3 is 11.9 Å². The van der Waals surface area contributed by atoms with Crippen LogP contribution >= 0.6 is 0 Å². The van der Waals surface area contributed by atoms with Gasteiger partial charge in [0.2, 0.25) is 0 Å². The summed E-state index contributed by atoms with van der Waals surface area (Å²) in [7, 11) is 0. The largest absolute Gasteiger partial charge is 0.507 e. The number of carboxylic acids is 1. The second-order valence-corrected chi connectivity index (χ2v) is 11.9. The van der Waals surface area contributed by atoms with Crippen LogP contribution in [-0.4, -0.2) is 33.9 Å². The lowest BCUT2D eigenvalue weighted by molar-refractivity contribution is 0.0494. The number of carboxylic acid groups (broad SMARTS) is 1. The number of esters is 1. The summed E-state index contributed by atoms with van der Waals surface area (Å²) in [5.74, 6) is -1.75. The van der Waals surface area contributed by atoms with Gasteiger partial charge in [0, 0.05) is 0 Å². The second kappa shape index (κ2) is 27.5. The molecule has 0 unspecified atom stereocenters. The first-order chi connectivity index (χ1) is 21.5. The van der Waals surface area contributed by atoms with Crippen molar-refractivity contribution in [2.75, 3.05) is 6.61 Å². The second-order valence-electron chi connectivity index (χ2n) is 11.9. The monoisotopic (exact) mass is 612 g/mol. The summed E-state index contributed by atoms with van der Waals surface area (Å²) in [5, 5.41) is 27.0. The molecule has 2 aromatic carbocycles. The SMILES string of the molecule is CCCCCCCCCCCCCCCCCCCCCCCCOC(=O)c1ccccc1O.O=C(O)c1ccccc1O. The highest BCUT2D eigenvalue weighted by Crippen LogP contribution is 2.18. The van der Waals surface area contributed by atoms with Crippen molar-refractivity contribution < 1.29 is 29.6 Å². The zero-order valence-electron chi connectivity index (χ0n) is 27.4. The third-order valence-electron chi connectivity index (χ3n) is 7.99. The Hall–Kier alpha value is -3.02. The Kier molecular flexibility index (Phi) is 24.4.